The molecule has 1 saturated heterocycles. The molecule has 1 N–H and O–H groups in total. The summed E-state index contributed by atoms with van der Waals surface area (Å²) >= 11 is 1.59. The summed E-state index contributed by atoms with van der Waals surface area (Å²) in [5, 5.41) is 5.99. The standard InChI is InChI=1S/C12H20N2O2S2/c1-9(13-2)6-10-8-17-12(14-10)7-11-4-3-5-18(11,15)16/h8-9,11,13H,3-7H2,1-2H3. The van der Waals surface area contributed by atoms with Crippen LogP contribution < -0.4 is 5.32 Å². The summed E-state index contributed by atoms with van der Waals surface area (Å²) in [5.41, 5.74) is 1.06. The van der Waals surface area contributed by atoms with Gasteiger partial charge in [-0.15, -0.1) is 11.3 Å². The summed E-state index contributed by atoms with van der Waals surface area (Å²) < 4.78 is 23.5. The molecular formula is C12H20N2O2S2. The molecule has 1 aliphatic heterocycles. The summed E-state index contributed by atoms with van der Waals surface area (Å²) in [7, 11) is -0.916. The van der Waals surface area contributed by atoms with Crippen LogP contribution in [0.4, 0.5) is 0 Å². The monoisotopic (exact) mass is 288 g/mol. The van der Waals surface area contributed by atoms with E-state index in [-0.39, 0.29) is 5.25 Å². The Morgan fingerprint density at radius 3 is 3.00 bits per heavy atom. The average Bonchev–Trinajstić information content (AvgIpc) is 2.87. The van der Waals surface area contributed by atoms with Gasteiger partial charge in [-0.2, -0.15) is 0 Å². The molecule has 2 rings (SSSR count). The highest BCUT2D eigenvalue weighted by atomic mass is 32.2. The van der Waals surface area contributed by atoms with Crippen LogP contribution in [0.3, 0.4) is 0 Å². The molecule has 0 radical (unpaired) electrons. The molecule has 2 atom stereocenters. The van der Waals surface area contributed by atoms with E-state index >= 15 is 0 Å². The van der Waals surface area contributed by atoms with Crippen molar-refractivity contribution in [1.29, 1.82) is 0 Å². The summed E-state index contributed by atoms with van der Waals surface area (Å²) in [6.07, 6.45) is 3.09. The van der Waals surface area contributed by atoms with E-state index in [4.69, 9.17) is 0 Å². The van der Waals surface area contributed by atoms with E-state index in [9.17, 15) is 8.42 Å². The number of aromatic nitrogens is 1. The predicted octanol–water partition coefficient (Wildman–Crippen LogP) is 1.41. The smallest absolute Gasteiger partial charge is 0.153 e. The molecule has 1 fully saturated rings. The van der Waals surface area contributed by atoms with Crippen molar-refractivity contribution in [2.45, 2.75) is 43.9 Å². The van der Waals surface area contributed by atoms with Gasteiger partial charge in [0.25, 0.3) is 0 Å². The first-order valence-electron chi connectivity index (χ1n) is 6.33. The zero-order valence-corrected chi connectivity index (χ0v) is 12.5. The number of rotatable bonds is 5. The van der Waals surface area contributed by atoms with Crippen molar-refractivity contribution in [1.82, 2.24) is 10.3 Å². The van der Waals surface area contributed by atoms with Crippen LogP contribution in [0.25, 0.3) is 0 Å². The minimum atomic E-state index is -2.85. The molecular weight excluding hydrogens is 268 g/mol. The van der Waals surface area contributed by atoms with Gasteiger partial charge in [0.15, 0.2) is 9.84 Å². The average molecular weight is 288 g/mol. The Balaban J connectivity index is 1.98. The molecule has 6 heteroatoms. The third-order valence-electron chi connectivity index (χ3n) is 3.47. The molecule has 0 aromatic carbocycles. The van der Waals surface area contributed by atoms with Gasteiger partial charge in [-0.05, 0) is 26.8 Å². The lowest BCUT2D eigenvalue weighted by Crippen LogP contribution is -2.23. The summed E-state index contributed by atoms with van der Waals surface area (Å²) in [5.74, 6) is 0.354. The second-order valence-electron chi connectivity index (χ2n) is 4.96. The SMILES string of the molecule is CNC(C)Cc1csc(CC2CCCS2(=O)=O)n1. The van der Waals surface area contributed by atoms with E-state index in [1.807, 2.05) is 12.4 Å². The first-order valence-corrected chi connectivity index (χ1v) is 8.93. The van der Waals surface area contributed by atoms with E-state index in [1.165, 1.54) is 0 Å². The Labute approximate surface area is 113 Å². The summed E-state index contributed by atoms with van der Waals surface area (Å²) in [6, 6.07) is 0.398. The second kappa shape index (κ2) is 5.67. The normalized spacial score (nSPS) is 24.2. The molecule has 0 amide bonds. The van der Waals surface area contributed by atoms with E-state index in [0.29, 0.717) is 18.2 Å². The molecule has 102 valence electrons. The van der Waals surface area contributed by atoms with E-state index < -0.39 is 9.84 Å². The Bertz CT molecular complexity index is 496. The number of nitrogens with one attached hydrogen (secondary N) is 1. The number of thiazole rings is 1. The van der Waals surface area contributed by atoms with Gasteiger partial charge < -0.3 is 5.32 Å². The van der Waals surface area contributed by atoms with Crippen LogP contribution in [-0.4, -0.2) is 37.5 Å². The van der Waals surface area contributed by atoms with Crippen molar-refractivity contribution in [2.75, 3.05) is 12.8 Å². The van der Waals surface area contributed by atoms with Crippen LogP contribution in [0.15, 0.2) is 5.38 Å². The van der Waals surface area contributed by atoms with Gasteiger partial charge >= 0.3 is 0 Å². The molecule has 4 nitrogen and oxygen atoms in total. The second-order valence-corrected chi connectivity index (χ2v) is 8.31. The number of hydrogen-bond acceptors (Lipinski definition) is 5. The fourth-order valence-corrected chi connectivity index (χ4v) is 5.07. The third-order valence-corrected chi connectivity index (χ3v) is 6.67. The van der Waals surface area contributed by atoms with Crippen LogP contribution in [0.2, 0.25) is 0 Å². The van der Waals surface area contributed by atoms with E-state index in [2.05, 4.69) is 17.2 Å². The Morgan fingerprint density at radius 2 is 2.39 bits per heavy atom. The third kappa shape index (κ3) is 3.30. The van der Waals surface area contributed by atoms with Crippen LogP contribution in [0, 0.1) is 0 Å². The molecule has 1 aliphatic rings. The lowest BCUT2D eigenvalue weighted by Gasteiger charge is -2.07. The minimum Gasteiger partial charge on any atom is -0.317 e. The van der Waals surface area contributed by atoms with Crippen LogP contribution in [-0.2, 0) is 22.7 Å². The van der Waals surface area contributed by atoms with Crippen molar-refractivity contribution in [3.63, 3.8) is 0 Å². The molecule has 18 heavy (non-hydrogen) atoms. The van der Waals surface area contributed by atoms with Gasteiger partial charge in [-0.25, -0.2) is 13.4 Å². The number of nitrogens with zero attached hydrogens (tertiary/aromatic N) is 1. The van der Waals surface area contributed by atoms with Crippen molar-refractivity contribution in [3.05, 3.63) is 16.1 Å². The largest absolute Gasteiger partial charge is 0.317 e. The van der Waals surface area contributed by atoms with Crippen molar-refractivity contribution >= 4 is 21.2 Å². The van der Waals surface area contributed by atoms with Crippen LogP contribution in [0.1, 0.15) is 30.5 Å². The highest BCUT2D eigenvalue weighted by molar-refractivity contribution is 7.92. The van der Waals surface area contributed by atoms with Gasteiger partial charge in [0.1, 0.15) is 0 Å². The first-order chi connectivity index (χ1) is 8.51. The lowest BCUT2D eigenvalue weighted by molar-refractivity contribution is 0.586. The van der Waals surface area contributed by atoms with Crippen molar-refractivity contribution in [2.24, 2.45) is 0 Å². The Kier molecular flexibility index (Phi) is 4.40. The quantitative estimate of drug-likeness (QED) is 0.890. The van der Waals surface area contributed by atoms with E-state index in [0.717, 1.165) is 30.0 Å². The maximum Gasteiger partial charge on any atom is 0.153 e. The van der Waals surface area contributed by atoms with Crippen LogP contribution in [0.5, 0.6) is 0 Å². The fraction of sp³-hybridized carbons (Fsp3) is 0.750. The molecule has 0 spiro atoms. The predicted molar refractivity (Wildman–Crippen MR) is 74.9 cm³/mol. The zero-order valence-electron chi connectivity index (χ0n) is 10.8. The minimum absolute atomic E-state index is 0.196. The highest BCUT2D eigenvalue weighted by Crippen LogP contribution is 2.25. The number of sulfone groups is 1. The first kappa shape index (κ1) is 14.0. The fourth-order valence-electron chi connectivity index (χ4n) is 2.23. The maximum absolute atomic E-state index is 11.8. The summed E-state index contributed by atoms with van der Waals surface area (Å²) in [6.45, 7) is 2.11. The Morgan fingerprint density at radius 1 is 1.61 bits per heavy atom. The van der Waals surface area contributed by atoms with Gasteiger partial charge in [-0.1, -0.05) is 0 Å². The molecule has 1 aromatic heterocycles. The van der Waals surface area contributed by atoms with Gasteiger partial charge in [0, 0.05) is 24.3 Å². The van der Waals surface area contributed by atoms with Gasteiger partial charge in [0.05, 0.1) is 21.7 Å². The molecule has 2 unspecified atom stereocenters. The summed E-state index contributed by atoms with van der Waals surface area (Å²) in [4.78, 5) is 4.54. The van der Waals surface area contributed by atoms with Crippen LogP contribution >= 0.6 is 11.3 Å². The Hall–Kier alpha value is -0.460. The molecule has 1 aromatic rings. The topological polar surface area (TPSA) is 59.1 Å². The van der Waals surface area contributed by atoms with Gasteiger partial charge in [0.2, 0.25) is 0 Å². The lowest BCUT2D eigenvalue weighted by atomic mass is 10.2. The molecule has 0 aliphatic carbocycles. The van der Waals surface area contributed by atoms with Gasteiger partial charge in [-0.3, -0.25) is 0 Å². The number of likely N-dealkylation sites (N-methyl/N-ethyl adjacent to an activating group) is 1. The molecule has 2 heterocycles. The number of hydrogen-bond donors (Lipinski definition) is 1. The highest BCUT2D eigenvalue weighted by Gasteiger charge is 2.31. The van der Waals surface area contributed by atoms with E-state index in [1.54, 1.807) is 11.3 Å². The maximum atomic E-state index is 11.8. The zero-order chi connectivity index (χ0) is 13.2. The molecule has 0 saturated carbocycles. The van der Waals surface area contributed by atoms with Crippen molar-refractivity contribution in [3.8, 4) is 0 Å². The molecule has 0 bridgehead atoms. The van der Waals surface area contributed by atoms with Crippen molar-refractivity contribution < 1.29 is 8.42 Å².